The van der Waals surface area contributed by atoms with Crippen molar-refractivity contribution in [2.24, 2.45) is 0 Å². The Morgan fingerprint density at radius 1 is 1.00 bits per heavy atom. The number of rotatable bonds is 2. The fourth-order valence-corrected chi connectivity index (χ4v) is 1.84. The molecule has 0 bridgehead atoms. The first kappa shape index (κ1) is 11.2. The van der Waals surface area contributed by atoms with Gasteiger partial charge < -0.3 is 5.32 Å². The van der Waals surface area contributed by atoms with Crippen LogP contribution in [0.4, 0.5) is 15.8 Å². The van der Waals surface area contributed by atoms with Crippen LogP contribution in [0.15, 0.2) is 42.5 Å². The normalized spacial score (nSPS) is 10.2. The summed E-state index contributed by atoms with van der Waals surface area (Å²) in [5, 5.41) is 3.44. The van der Waals surface area contributed by atoms with E-state index in [4.69, 9.17) is 23.2 Å². The molecule has 82 valence electrons. The Morgan fingerprint density at radius 2 is 1.69 bits per heavy atom. The van der Waals surface area contributed by atoms with E-state index >= 15 is 0 Å². The second kappa shape index (κ2) is 4.73. The second-order valence-electron chi connectivity index (χ2n) is 3.24. The first-order valence-corrected chi connectivity index (χ1v) is 5.39. The van der Waals surface area contributed by atoms with Gasteiger partial charge in [-0.2, -0.15) is 0 Å². The second-order valence-corrected chi connectivity index (χ2v) is 4.08. The lowest BCUT2D eigenvalue weighted by Gasteiger charge is -2.09. The molecule has 0 aliphatic heterocycles. The molecular formula is C12H8Cl2FN. The van der Waals surface area contributed by atoms with Gasteiger partial charge in [0.15, 0.2) is 0 Å². The topological polar surface area (TPSA) is 12.0 Å². The van der Waals surface area contributed by atoms with Crippen LogP contribution < -0.4 is 5.32 Å². The highest BCUT2D eigenvalue weighted by Gasteiger charge is 2.08. The maximum atomic E-state index is 13.6. The third kappa shape index (κ3) is 2.46. The van der Waals surface area contributed by atoms with Gasteiger partial charge in [0.2, 0.25) is 0 Å². The average molecular weight is 256 g/mol. The summed E-state index contributed by atoms with van der Waals surface area (Å²) in [5.74, 6) is -0.471. The lowest BCUT2D eigenvalue weighted by Crippen LogP contribution is -1.94. The van der Waals surface area contributed by atoms with Crippen LogP contribution in [-0.2, 0) is 0 Å². The average Bonchev–Trinajstić information content (AvgIpc) is 2.25. The van der Waals surface area contributed by atoms with Crippen LogP contribution in [0.3, 0.4) is 0 Å². The van der Waals surface area contributed by atoms with Crippen molar-refractivity contribution in [3.05, 3.63) is 58.3 Å². The minimum atomic E-state index is -0.471. The van der Waals surface area contributed by atoms with Crippen LogP contribution >= 0.6 is 23.2 Å². The quantitative estimate of drug-likeness (QED) is 0.807. The molecule has 0 saturated heterocycles. The summed E-state index contributed by atoms with van der Waals surface area (Å²) in [6.07, 6.45) is 0. The fraction of sp³-hybridized carbons (Fsp3) is 0. The molecule has 2 rings (SSSR count). The number of hydrogen-bond donors (Lipinski definition) is 1. The van der Waals surface area contributed by atoms with E-state index in [1.807, 2.05) is 30.3 Å². The predicted molar refractivity (Wildman–Crippen MR) is 66.1 cm³/mol. The zero-order chi connectivity index (χ0) is 11.5. The molecule has 0 saturated carbocycles. The molecule has 0 aliphatic carbocycles. The van der Waals surface area contributed by atoms with Gasteiger partial charge in [0.25, 0.3) is 0 Å². The van der Waals surface area contributed by atoms with Crippen LogP contribution in [0, 0.1) is 5.82 Å². The van der Waals surface area contributed by atoms with Gasteiger partial charge in [-0.15, -0.1) is 0 Å². The van der Waals surface area contributed by atoms with E-state index in [0.717, 1.165) is 5.69 Å². The summed E-state index contributed by atoms with van der Waals surface area (Å²) < 4.78 is 13.6. The zero-order valence-corrected chi connectivity index (χ0v) is 9.69. The lowest BCUT2D eigenvalue weighted by atomic mass is 10.2. The molecule has 0 aliphatic rings. The monoisotopic (exact) mass is 255 g/mol. The van der Waals surface area contributed by atoms with Gasteiger partial charge in [-0.25, -0.2) is 4.39 Å². The van der Waals surface area contributed by atoms with Gasteiger partial charge in [0.1, 0.15) is 5.82 Å². The number of halogens is 3. The van der Waals surface area contributed by atoms with Crippen LogP contribution in [0.1, 0.15) is 0 Å². The van der Waals surface area contributed by atoms with Crippen LogP contribution in [0.5, 0.6) is 0 Å². The van der Waals surface area contributed by atoms with Crippen molar-refractivity contribution in [1.29, 1.82) is 0 Å². The van der Waals surface area contributed by atoms with Gasteiger partial charge in [-0.3, -0.25) is 0 Å². The molecule has 0 radical (unpaired) electrons. The number of anilines is 2. The SMILES string of the molecule is Fc1cc(Cl)cc(Cl)c1Nc1ccccc1. The van der Waals surface area contributed by atoms with Crippen molar-refractivity contribution in [2.45, 2.75) is 0 Å². The summed E-state index contributed by atoms with van der Waals surface area (Å²) in [4.78, 5) is 0. The van der Waals surface area contributed by atoms with Crippen molar-refractivity contribution >= 4 is 34.6 Å². The van der Waals surface area contributed by atoms with Gasteiger partial charge in [-0.1, -0.05) is 41.4 Å². The Hall–Kier alpha value is -1.25. The summed E-state index contributed by atoms with van der Waals surface area (Å²) in [6, 6.07) is 11.9. The first-order valence-electron chi connectivity index (χ1n) is 4.63. The third-order valence-corrected chi connectivity index (χ3v) is 2.57. The summed E-state index contributed by atoms with van der Waals surface area (Å²) in [6.45, 7) is 0. The van der Waals surface area contributed by atoms with Crippen molar-refractivity contribution < 1.29 is 4.39 Å². The Kier molecular flexibility index (Phi) is 3.32. The molecule has 16 heavy (non-hydrogen) atoms. The van der Waals surface area contributed by atoms with E-state index in [9.17, 15) is 4.39 Å². The number of hydrogen-bond acceptors (Lipinski definition) is 1. The van der Waals surface area contributed by atoms with Crippen LogP contribution in [0.2, 0.25) is 10.0 Å². The highest BCUT2D eigenvalue weighted by Crippen LogP contribution is 2.31. The minimum Gasteiger partial charge on any atom is -0.352 e. The standard InChI is InChI=1S/C12H8Cl2FN/c13-8-6-10(14)12(11(15)7-8)16-9-4-2-1-3-5-9/h1-7,16H. The molecule has 2 aromatic carbocycles. The van der Waals surface area contributed by atoms with Gasteiger partial charge >= 0.3 is 0 Å². The van der Waals surface area contributed by atoms with Crippen molar-refractivity contribution in [1.82, 2.24) is 0 Å². The Bertz CT molecular complexity index is 477. The third-order valence-electron chi connectivity index (χ3n) is 2.05. The number of nitrogens with one attached hydrogen (secondary N) is 1. The Balaban J connectivity index is 2.35. The molecule has 1 N–H and O–H groups in total. The maximum absolute atomic E-state index is 13.6. The molecular weight excluding hydrogens is 248 g/mol. The van der Waals surface area contributed by atoms with E-state index in [1.165, 1.54) is 12.1 Å². The summed E-state index contributed by atoms with van der Waals surface area (Å²) >= 11 is 11.6. The molecule has 0 spiro atoms. The van der Waals surface area contributed by atoms with Crippen LogP contribution in [0.25, 0.3) is 0 Å². The largest absolute Gasteiger partial charge is 0.352 e. The molecule has 0 aromatic heterocycles. The summed E-state index contributed by atoms with van der Waals surface area (Å²) in [7, 11) is 0. The predicted octanol–water partition coefficient (Wildman–Crippen LogP) is 4.88. The molecule has 0 amide bonds. The van der Waals surface area contributed by atoms with Crippen molar-refractivity contribution in [3.63, 3.8) is 0 Å². The lowest BCUT2D eigenvalue weighted by molar-refractivity contribution is 0.632. The Morgan fingerprint density at radius 3 is 2.31 bits per heavy atom. The smallest absolute Gasteiger partial charge is 0.149 e. The first-order chi connectivity index (χ1) is 7.66. The fourth-order valence-electron chi connectivity index (χ4n) is 1.33. The molecule has 0 atom stereocenters. The highest BCUT2D eigenvalue weighted by molar-refractivity contribution is 6.36. The van der Waals surface area contributed by atoms with E-state index in [-0.39, 0.29) is 15.7 Å². The summed E-state index contributed by atoms with van der Waals surface area (Å²) in [5.41, 5.74) is 1.00. The van der Waals surface area contributed by atoms with E-state index in [2.05, 4.69) is 5.32 Å². The number of benzene rings is 2. The highest BCUT2D eigenvalue weighted by atomic mass is 35.5. The van der Waals surface area contributed by atoms with E-state index in [0.29, 0.717) is 0 Å². The van der Waals surface area contributed by atoms with Crippen LogP contribution in [-0.4, -0.2) is 0 Å². The Labute approximate surface area is 103 Å². The van der Waals surface area contributed by atoms with Gasteiger partial charge in [0.05, 0.1) is 10.7 Å². The minimum absolute atomic E-state index is 0.234. The molecule has 0 heterocycles. The van der Waals surface area contributed by atoms with E-state index in [1.54, 1.807) is 0 Å². The van der Waals surface area contributed by atoms with Gasteiger partial charge in [0, 0.05) is 10.7 Å². The zero-order valence-electron chi connectivity index (χ0n) is 8.18. The van der Waals surface area contributed by atoms with E-state index < -0.39 is 5.82 Å². The van der Waals surface area contributed by atoms with Crippen molar-refractivity contribution in [2.75, 3.05) is 5.32 Å². The molecule has 0 unspecified atom stereocenters. The van der Waals surface area contributed by atoms with Gasteiger partial charge in [-0.05, 0) is 24.3 Å². The molecule has 1 nitrogen and oxygen atoms in total. The maximum Gasteiger partial charge on any atom is 0.149 e. The molecule has 0 fully saturated rings. The van der Waals surface area contributed by atoms with Crippen molar-refractivity contribution in [3.8, 4) is 0 Å². The molecule has 2 aromatic rings. The molecule has 4 heteroatoms. The number of para-hydroxylation sites is 1.